The smallest absolute Gasteiger partial charge is 0.261 e. The van der Waals surface area contributed by atoms with E-state index in [0.29, 0.717) is 18.1 Å². The van der Waals surface area contributed by atoms with Crippen molar-refractivity contribution < 1.29 is 18.0 Å². The first-order chi connectivity index (χ1) is 7.09. The van der Waals surface area contributed by atoms with E-state index in [1.807, 2.05) is 0 Å². The third-order valence-electron chi connectivity index (χ3n) is 1.59. The molecule has 0 fully saturated rings. The van der Waals surface area contributed by atoms with E-state index in [0.717, 1.165) is 0 Å². The van der Waals surface area contributed by atoms with Crippen molar-refractivity contribution in [2.45, 2.75) is 25.8 Å². The van der Waals surface area contributed by atoms with E-state index in [-0.39, 0.29) is 12.6 Å². The first-order valence-corrected chi connectivity index (χ1v) is 4.53. The Morgan fingerprint density at radius 1 is 1.53 bits per heavy atom. The van der Waals surface area contributed by atoms with Gasteiger partial charge in [0, 0.05) is 6.42 Å². The fraction of sp³-hybridized carbons (Fsp3) is 0.750. The summed E-state index contributed by atoms with van der Waals surface area (Å²) in [6, 6.07) is -0.326. The van der Waals surface area contributed by atoms with Crippen LogP contribution in [0.15, 0.2) is 4.52 Å². The summed E-state index contributed by atoms with van der Waals surface area (Å²) >= 11 is 0. The summed E-state index contributed by atoms with van der Waals surface area (Å²) in [6.45, 7) is 1.28. The standard InChI is InChI=1S/C8H13F2N3O2/c1-5(11)8-12-7(13-15-8)2-3-14-4-6(9)10/h5-6H,2-4,11H2,1H3. The van der Waals surface area contributed by atoms with Crippen LogP contribution >= 0.6 is 0 Å². The molecular formula is C8H13F2N3O2. The lowest BCUT2D eigenvalue weighted by molar-refractivity contribution is 0.0182. The van der Waals surface area contributed by atoms with Crippen molar-refractivity contribution >= 4 is 0 Å². The third-order valence-corrected chi connectivity index (χ3v) is 1.59. The summed E-state index contributed by atoms with van der Waals surface area (Å²) in [7, 11) is 0. The second-order valence-electron chi connectivity index (χ2n) is 3.05. The molecule has 0 spiro atoms. The zero-order valence-corrected chi connectivity index (χ0v) is 8.32. The number of nitrogens with zero attached hydrogens (tertiary/aromatic N) is 2. The van der Waals surface area contributed by atoms with Crippen LogP contribution in [-0.4, -0.2) is 29.8 Å². The number of alkyl halides is 2. The Kier molecular flexibility index (Phi) is 4.57. The van der Waals surface area contributed by atoms with Crippen molar-refractivity contribution in [3.63, 3.8) is 0 Å². The summed E-state index contributed by atoms with van der Waals surface area (Å²) in [5.41, 5.74) is 5.49. The largest absolute Gasteiger partial charge is 0.375 e. The zero-order chi connectivity index (χ0) is 11.3. The molecule has 1 unspecified atom stereocenters. The van der Waals surface area contributed by atoms with Gasteiger partial charge < -0.3 is 15.0 Å². The molecule has 0 aromatic carbocycles. The Morgan fingerprint density at radius 2 is 2.27 bits per heavy atom. The van der Waals surface area contributed by atoms with Gasteiger partial charge in [0.1, 0.15) is 6.61 Å². The van der Waals surface area contributed by atoms with Crippen molar-refractivity contribution in [1.29, 1.82) is 0 Å². The lowest BCUT2D eigenvalue weighted by Crippen LogP contribution is -2.08. The van der Waals surface area contributed by atoms with Crippen molar-refractivity contribution in [2.75, 3.05) is 13.2 Å². The van der Waals surface area contributed by atoms with Gasteiger partial charge in [-0.25, -0.2) is 8.78 Å². The number of nitrogens with two attached hydrogens (primary N) is 1. The number of ether oxygens (including phenoxy) is 1. The molecule has 1 rings (SSSR count). The number of halogens is 2. The normalized spacial score (nSPS) is 13.4. The quantitative estimate of drug-likeness (QED) is 0.723. The van der Waals surface area contributed by atoms with E-state index in [2.05, 4.69) is 14.9 Å². The molecule has 0 radical (unpaired) electrons. The van der Waals surface area contributed by atoms with Gasteiger partial charge >= 0.3 is 0 Å². The number of hydrogen-bond acceptors (Lipinski definition) is 5. The molecule has 5 nitrogen and oxygen atoms in total. The van der Waals surface area contributed by atoms with E-state index in [1.165, 1.54) is 0 Å². The van der Waals surface area contributed by atoms with Crippen molar-refractivity contribution in [2.24, 2.45) is 5.73 Å². The average Bonchev–Trinajstić information content (AvgIpc) is 2.60. The molecule has 0 bridgehead atoms. The molecule has 7 heteroatoms. The average molecular weight is 221 g/mol. The van der Waals surface area contributed by atoms with Crippen LogP contribution in [0.5, 0.6) is 0 Å². The Morgan fingerprint density at radius 3 is 2.80 bits per heavy atom. The maximum absolute atomic E-state index is 11.7. The Bertz CT molecular complexity index is 291. The van der Waals surface area contributed by atoms with Crippen molar-refractivity contribution in [3.05, 3.63) is 11.7 Å². The van der Waals surface area contributed by atoms with Crippen LogP contribution in [0.3, 0.4) is 0 Å². The van der Waals surface area contributed by atoms with Crippen LogP contribution in [-0.2, 0) is 11.2 Å². The minimum Gasteiger partial charge on any atom is -0.375 e. The predicted molar refractivity (Wildman–Crippen MR) is 47.4 cm³/mol. The van der Waals surface area contributed by atoms with Gasteiger partial charge in [-0.1, -0.05) is 5.16 Å². The summed E-state index contributed by atoms with van der Waals surface area (Å²) in [4.78, 5) is 3.96. The summed E-state index contributed by atoms with van der Waals surface area (Å²) in [5, 5.41) is 3.62. The minimum atomic E-state index is -2.45. The fourth-order valence-corrected chi connectivity index (χ4v) is 0.890. The van der Waals surface area contributed by atoms with Crippen LogP contribution in [0, 0.1) is 0 Å². The van der Waals surface area contributed by atoms with Crippen LogP contribution < -0.4 is 5.73 Å². The molecule has 2 N–H and O–H groups in total. The zero-order valence-electron chi connectivity index (χ0n) is 8.32. The van der Waals surface area contributed by atoms with Crippen LogP contribution in [0.1, 0.15) is 24.7 Å². The van der Waals surface area contributed by atoms with E-state index in [9.17, 15) is 8.78 Å². The molecule has 0 amide bonds. The summed E-state index contributed by atoms with van der Waals surface area (Å²) in [6.07, 6.45) is -2.11. The minimum absolute atomic E-state index is 0.141. The van der Waals surface area contributed by atoms with Gasteiger partial charge in [0.25, 0.3) is 6.43 Å². The predicted octanol–water partition coefficient (Wildman–Crippen LogP) is 0.914. The highest BCUT2D eigenvalue weighted by Crippen LogP contribution is 2.06. The van der Waals surface area contributed by atoms with Crippen molar-refractivity contribution in [1.82, 2.24) is 10.1 Å². The molecule has 0 aliphatic rings. The Hall–Kier alpha value is -1.08. The van der Waals surface area contributed by atoms with Gasteiger partial charge in [0.15, 0.2) is 5.82 Å². The monoisotopic (exact) mass is 221 g/mol. The van der Waals surface area contributed by atoms with Gasteiger partial charge in [-0.3, -0.25) is 0 Å². The topological polar surface area (TPSA) is 74.2 Å². The van der Waals surface area contributed by atoms with Crippen LogP contribution in [0.4, 0.5) is 8.78 Å². The lowest BCUT2D eigenvalue weighted by atomic mass is 10.3. The molecule has 1 atom stereocenters. The molecule has 15 heavy (non-hydrogen) atoms. The number of aromatic nitrogens is 2. The van der Waals surface area contributed by atoms with Crippen LogP contribution in [0.25, 0.3) is 0 Å². The van der Waals surface area contributed by atoms with Gasteiger partial charge in [-0.2, -0.15) is 4.98 Å². The highest BCUT2D eigenvalue weighted by Gasteiger charge is 2.10. The molecule has 0 aliphatic carbocycles. The molecule has 1 aromatic heterocycles. The first kappa shape index (κ1) is 12.0. The summed E-state index contributed by atoms with van der Waals surface area (Å²) < 4.78 is 32.8. The highest BCUT2D eigenvalue weighted by atomic mass is 19.3. The van der Waals surface area contributed by atoms with Crippen LogP contribution in [0.2, 0.25) is 0 Å². The SMILES string of the molecule is CC(N)c1nc(CCOCC(F)F)no1. The molecule has 0 saturated carbocycles. The number of rotatable bonds is 6. The lowest BCUT2D eigenvalue weighted by Gasteiger charge is -1.99. The maximum atomic E-state index is 11.7. The molecule has 86 valence electrons. The molecular weight excluding hydrogens is 208 g/mol. The molecule has 0 aliphatic heterocycles. The highest BCUT2D eigenvalue weighted by molar-refractivity contribution is 4.90. The Balaban J connectivity index is 2.26. The fourth-order valence-electron chi connectivity index (χ4n) is 0.890. The second-order valence-corrected chi connectivity index (χ2v) is 3.05. The van der Waals surface area contributed by atoms with Gasteiger partial charge in [0.2, 0.25) is 5.89 Å². The molecule has 1 aromatic rings. The third kappa shape index (κ3) is 4.30. The van der Waals surface area contributed by atoms with Gasteiger partial charge in [0.05, 0.1) is 12.6 Å². The van der Waals surface area contributed by atoms with E-state index < -0.39 is 13.0 Å². The molecule has 1 heterocycles. The maximum Gasteiger partial charge on any atom is 0.261 e. The number of hydrogen-bond donors (Lipinski definition) is 1. The van der Waals surface area contributed by atoms with E-state index >= 15 is 0 Å². The van der Waals surface area contributed by atoms with Gasteiger partial charge in [-0.05, 0) is 6.92 Å². The first-order valence-electron chi connectivity index (χ1n) is 4.53. The second kappa shape index (κ2) is 5.72. The molecule has 0 saturated heterocycles. The van der Waals surface area contributed by atoms with E-state index in [1.54, 1.807) is 6.92 Å². The van der Waals surface area contributed by atoms with E-state index in [4.69, 9.17) is 10.3 Å². The summed E-state index contributed by atoms with van der Waals surface area (Å²) in [5.74, 6) is 0.746. The Labute approximate surface area is 85.6 Å². The van der Waals surface area contributed by atoms with Gasteiger partial charge in [-0.15, -0.1) is 0 Å². The van der Waals surface area contributed by atoms with Crippen molar-refractivity contribution in [3.8, 4) is 0 Å².